The van der Waals surface area contributed by atoms with Crippen molar-refractivity contribution < 1.29 is 9.90 Å². The lowest BCUT2D eigenvalue weighted by Gasteiger charge is -2.23. The summed E-state index contributed by atoms with van der Waals surface area (Å²) >= 11 is 0. The quantitative estimate of drug-likeness (QED) is 0.690. The third-order valence-electron chi connectivity index (χ3n) is 5.06. The van der Waals surface area contributed by atoms with Crippen LogP contribution in [0.2, 0.25) is 0 Å². The number of rotatable bonds is 3. The highest BCUT2D eigenvalue weighted by molar-refractivity contribution is 6.03. The smallest absolute Gasteiger partial charge is 0.244 e. The van der Waals surface area contributed by atoms with Gasteiger partial charge in [-0.05, 0) is 58.9 Å². The fraction of sp³-hybridized carbons (Fsp3) is 0.217. The topological polar surface area (TPSA) is 61.7 Å². The standard InChI is InChI=1S/C23H22N2O2/c1-15-11-18-13-19(26)9-10-21(18)22(12-15)24-25-23(27)14-17-7-4-6-16-5-2-3-8-20(16)17/h2-10,13,15,26H,11-12,14H2,1H3,(H,25,27)/b24-22+/t15-/m1/s1. The van der Waals surface area contributed by atoms with Crippen LogP contribution in [0.5, 0.6) is 5.75 Å². The molecule has 0 saturated carbocycles. The highest BCUT2D eigenvalue weighted by Gasteiger charge is 2.21. The summed E-state index contributed by atoms with van der Waals surface area (Å²) in [5, 5.41) is 16.4. The van der Waals surface area contributed by atoms with Gasteiger partial charge in [0.25, 0.3) is 0 Å². The third-order valence-corrected chi connectivity index (χ3v) is 5.06. The van der Waals surface area contributed by atoms with Crippen LogP contribution in [-0.4, -0.2) is 16.7 Å². The lowest BCUT2D eigenvalue weighted by molar-refractivity contribution is -0.120. The van der Waals surface area contributed by atoms with Crippen molar-refractivity contribution in [2.24, 2.45) is 11.0 Å². The van der Waals surface area contributed by atoms with Gasteiger partial charge < -0.3 is 5.11 Å². The third kappa shape index (κ3) is 3.70. The van der Waals surface area contributed by atoms with Crippen LogP contribution in [-0.2, 0) is 17.6 Å². The molecule has 0 fully saturated rings. The van der Waals surface area contributed by atoms with Crippen LogP contribution in [0.25, 0.3) is 10.8 Å². The summed E-state index contributed by atoms with van der Waals surface area (Å²) < 4.78 is 0. The van der Waals surface area contributed by atoms with Crippen molar-refractivity contribution in [1.82, 2.24) is 5.43 Å². The Balaban J connectivity index is 1.54. The summed E-state index contributed by atoms with van der Waals surface area (Å²) in [5.41, 5.74) is 6.68. The molecule has 3 aromatic carbocycles. The fourth-order valence-corrected chi connectivity index (χ4v) is 3.81. The van der Waals surface area contributed by atoms with E-state index in [1.807, 2.05) is 48.5 Å². The maximum atomic E-state index is 12.5. The number of aromatic hydroxyl groups is 1. The highest BCUT2D eigenvalue weighted by atomic mass is 16.3. The summed E-state index contributed by atoms with van der Waals surface area (Å²) in [7, 11) is 0. The molecule has 0 bridgehead atoms. The van der Waals surface area contributed by atoms with E-state index in [4.69, 9.17) is 0 Å². The number of nitrogens with zero attached hydrogens (tertiary/aromatic N) is 1. The normalized spacial score (nSPS) is 17.7. The number of phenolic OH excluding ortho intramolecular Hbond substituents is 1. The monoisotopic (exact) mass is 358 g/mol. The van der Waals surface area contributed by atoms with Crippen LogP contribution in [0, 0.1) is 5.92 Å². The minimum absolute atomic E-state index is 0.127. The first kappa shape index (κ1) is 17.3. The number of carbonyl (C=O) groups is 1. The number of hydrazone groups is 1. The van der Waals surface area contributed by atoms with Crippen LogP contribution < -0.4 is 5.43 Å². The molecule has 27 heavy (non-hydrogen) atoms. The Bertz CT molecular complexity index is 1030. The summed E-state index contributed by atoms with van der Waals surface area (Å²) in [6.07, 6.45) is 2.01. The molecule has 2 N–H and O–H groups in total. The molecule has 0 unspecified atom stereocenters. The Labute approximate surface area is 158 Å². The zero-order valence-electron chi connectivity index (χ0n) is 15.3. The van der Waals surface area contributed by atoms with Gasteiger partial charge in [-0.3, -0.25) is 4.79 Å². The number of amides is 1. The predicted octanol–water partition coefficient (Wildman–Crippen LogP) is 4.19. The predicted molar refractivity (Wildman–Crippen MR) is 108 cm³/mol. The summed E-state index contributed by atoms with van der Waals surface area (Å²) in [6, 6.07) is 19.4. The number of hydrogen-bond acceptors (Lipinski definition) is 3. The maximum absolute atomic E-state index is 12.5. The summed E-state index contributed by atoms with van der Waals surface area (Å²) in [4.78, 5) is 12.5. The number of fused-ring (bicyclic) bond motifs is 2. The van der Waals surface area contributed by atoms with Gasteiger partial charge in [-0.1, -0.05) is 49.4 Å². The van der Waals surface area contributed by atoms with E-state index < -0.39 is 0 Å². The molecule has 0 aliphatic heterocycles. The van der Waals surface area contributed by atoms with E-state index >= 15 is 0 Å². The molecule has 0 aromatic heterocycles. The Morgan fingerprint density at radius 1 is 1.11 bits per heavy atom. The number of benzene rings is 3. The van der Waals surface area contributed by atoms with Crippen molar-refractivity contribution in [3.05, 3.63) is 77.4 Å². The van der Waals surface area contributed by atoms with Crippen molar-refractivity contribution >= 4 is 22.4 Å². The molecule has 1 aliphatic carbocycles. The highest BCUT2D eigenvalue weighted by Crippen LogP contribution is 2.28. The van der Waals surface area contributed by atoms with E-state index in [1.54, 1.807) is 12.1 Å². The van der Waals surface area contributed by atoms with E-state index in [0.717, 1.165) is 46.0 Å². The van der Waals surface area contributed by atoms with Gasteiger partial charge >= 0.3 is 0 Å². The van der Waals surface area contributed by atoms with Crippen LogP contribution in [0.15, 0.2) is 65.8 Å². The molecule has 1 atom stereocenters. The fourth-order valence-electron chi connectivity index (χ4n) is 3.81. The van der Waals surface area contributed by atoms with E-state index in [2.05, 4.69) is 17.5 Å². The van der Waals surface area contributed by atoms with E-state index in [-0.39, 0.29) is 18.1 Å². The van der Waals surface area contributed by atoms with E-state index in [9.17, 15) is 9.90 Å². The van der Waals surface area contributed by atoms with Crippen LogP contribution in [0.4, 0.5) is 0 Å². The molecule has 136 valence electrons. The lowest BCUT2D eigenvalue weighted by atomic mass is 9.83. The SMILES string of the molecule is C[C@H]1C/C(=N\NC(=O)Cc2cccc3ccccc23)c2ccc(O)cc2C1. The second kappa shape index (κ2) is 7.23. The van der Waals surface area contributed by atoms with Gasteiger partial charge in [0.1, 0.15) is 5.75 Å². The molecule has 4 rings (SSSR count). The maximum Gasteiger partial charge on any atom is 0.244 e. The van der Waals surface area contributed by atoms with Crippen LogP contribution in [0.1, 0.15) is 30.0 Å². The van der Waals surface area contributed by atoms with Crippen molar-refractivity contribution in [1.29, 1.82) is 0 Å². The van der Waals surface area contributed by atoms with Crippen molar-refractivity contribution in [2.45, 2.75) is 26.2 Å². The second-order valence-corrected chi connectivity index (χ2v) is 7.26. The molecule has 3 aromatic rings. The molecule has 0 heterocycles. The molecule has 4 nitrogen and oxygen atoms in total. The Hall–Kier alpha value is -3.14. The largest absolute Gasteiger partial charge is 0.508 e. The van der Waals surface area contributed by atoms with Crippen LogP contribution >= 0.6 is 0 Å². The van der Waals surface area contributed by atoms with Gasteiger partial charge in [-0.25, -0.2) is 5.43 Å². The lowest BCUT2D eigenvalue weighted by Crippen LogP contribution is -2.25. The van der Waals surface area contributed by atoms with E-state index in [1.165, 1.54) is 0 Å². The van der Waals surface area contributed by atoms with Gasteiger partial charge in [-0.2, -0.15) is 5.10 Å². The molecular weight excluding hydrogens is 336 g/mol. The first-order valence-electron chi connectivity index (χ1n) is 9.24. The zero-order chi connectivity index (χ0) is 18.8. The number of phenols is 1. The molecule has 0 spiro atoms. The first-order valence-corrected chi connectivity index (χ1v) is 9.24. The summed E-state index contributed by atoms with van der Waals surface area (Å²) in [6.45, 7) is 2.15. The number of carbonyl (C=O) groups excluding carboxylic acids is 1. The number of hydrogen-bond donors (Lipinski definition) is 2. The minimum Gasteiger partial charge on any atom is -0.508 e. The Morgan fingerprint density at radius 3 is 2.81 bits per heavy atom. The van der Waals surface area contributed by atoms with Crippen molar-refractivity contribution in [3.8, 4) is 5.75 Å². The Kier molecular flexibility index (Phi) is 4.63. The van der Waals surface area contributed by atoms with Crippen molar-refractivity contribution in [3.63, 3.8) is 0 Å². The van der Waals surface area contributed by atoms with Gasteiger partial charge in [0.15, 0.2) is 0 Å². The van der Waals surface area contributed by atoms with Gasteiger partial charge in [-0.15, -0.1) is 0 Å². The van der Waals surface area contributed by atoms with Gasteiger partial charge in [0, 0.05) is 5.56 Å². The second-order valence-electron chi connectivity index (χ2n) is 7.26. The average molecular weight is 358 g/mol. The van der Waals surface area contributed by atoms with Gasteiger partial charge in [0.05, 0.1) is 12.1 Å². The molecule has 0 radical (unpaired) electrons. The molecule has 1 aliphatic rings. The molecular formula is C23H22N2O2. The van der Waals surface area contributed by atoms with Crippen LogP contribution in [0.3, 0.4) is 0 Å². The number of nitrogens with one attached hydrogen (secondary N) is 1. The summed E-state index contributed by atoms with van der Waals surface area (Å²) in [5.74, 6) is 0.563. The average Bonchev–Trinajstić information content (AvgIpc) is 2.66. The van der Waals surface area contributed by atoms with E-state index in [0.29, 0.717) is 5.92 Å². The molecule has 4 heteroatoms. The minimum atomic E-state index is -0.127. The zero-order valence-corrected chi connectivity index (χ0v) is 15.3. The first-order chi connectivity index (χ1) is 13.1. The van der Waals surface area contributed by atoms with Crippen molar-refractivity contribution in [2.75, 3.05) is 0 Å². The molecule has 1 amide bonds. The van der Waals surface area contributed by atoms with Gasteiger partial charge in [0.2, 0.25) is 5.91 Å². The Morgan fingerprint density at radius 2 is 1.93 bits per heavy atom. The molecule has 0 saturated heterocycles.